The lowest BCUT2D eigenvalue weighted by atomic mass is 10.2. The summed E-state index contributed by atoms with van der Waals surface area (Å²) >= 11 is 1.23. The monoisotopic (exact) mass is 400 g/mol. The molecule has 1 fully saturated rings. The number of amides is 1. The van der Waals surface area contributed by atoms with Gasteiger partial charge >= 0.3 is 0 Å². The Morgan fingerprint density at radius 1 is 1.52 bits per heavy atom. The van der Waals surface area contributed by atoms with Crippen LogP contribution in [0.5, 0.6) is 5.75 Å². The van der Waals surface area contributed by atoms with E-state index in [9.17, 15) is 13.4 Å². The average Bonchev–Trinajstić information content (AvgIpc) is 2.85. The molecule has 0 saturated carbocycles. The molecular weight excluding hydrogens is 387 g/mol. The van der Waals surface area contributed by atoms with E-state index in [0.29, 0.717) is 0 Å². The first kappa shape index (κ1) is 17.4. The highest BCUT2D eigenvalue weighted by Gasteiger charge is 2.32. The van der Waals surface area contributed by atoms with Crippen molar-refractivity contribution in [3.8, 4) is 5.75 Å². The molecule has 2 rings (SSSR count). The molecule has 0 spiro atoms. The second kappa shape index (κ2) is 7.56. The third-order valence-electron chi connectivity index (χ3n) is 2.96. The summed E-state index contributed by atoms with van der Waals surface area (Å²) in [5.74, 6) is -0.931. The van der Waals surface area contributed by atoms with Gasteiger partial charge in [0.1, 0.15) is 24.6 Å². The third kappa shape index (κ3) is 3.89. The van der Waals surface area contributed by atoms with Gasteiger partial charge in [0.2, 0.25) is 11.2 Å². The standard InChI is InChI=1S/C15H14BrFN2O3S/c1-3-5-10(4-2)9-22-12-7-6-11(16)14(17)15(12)19-8-13(20)18-23(19)21/h3-7H,1-2,8-9H2,(H,18,20)/b10-5+. The maximum atomic E-state index is 14.5. The van der Waals surface area contributed by atoms with Gasteiger partial charge in [-0.05, 0) is 33.6 Å². The fraction of sp³-hybridized carbons (Fsp3) is 0.133. The van der Waals surface area contributed by atoms with Gasteiger partial charge in [-0.1, -0.05) is 31.4 Å². The number of allylic oxidation sites excluding steroid dienone is 2. The molecule has 1 aromatic carbocycles. The van der Waals surface area contributed by atoms with Crippen molar-refractivity contribution >= 4 is 38.7 Å². The van der Waals surface area contributed by atoms with Crippen LogP contribution in [-0.2, 0) is 16.0 Å². The van der Waals surface area contributed by atoms with Gasteiger partial charge in [0.05, 0.1) is 4.47 Å². The SMILES string of the molecule is C=C/C=C(\C=C)COc1ccc(Br)c(F)c1N1CC(=O)NS1=O. The molecule has 23 heavy (non-hydrogen) atoms. The van der Waals surface area contributed by atoms with Crippen molar-refractivity contribution in [2.75, 3.05) is 17.5 Å². The summed E-state index contributed by atoms with van der Waals surface area (Å²) in [6.45, 7) is 7.16. The minimum absolute atomic E-state index is 0.0435. The van der Waals surface area contributed by atoms with Crippen LogP contribution in [0.4, 0.5) is 10.1 Å². The molecule has 1 aliphatic heterocycles. The van der Waals surface area contributed by atoms with Gasteiger partial charge in [0.15, 0.2) is 5.82 Å². The summed E-state index contributed by atoms with van der Waals surface area (Å²) in [6, 6.07) is 3.02. The van der Waals surface area contributed by atoms with Crippen molar-refractivity contribution in [2.24, 2.45) is 0 Å². The van der Waals surface area contributed by atoms with E-state index in [1.165, 1.54) is 12.1 Å². The summed E-state index contributed by atoms with van der Waals surface area (Å²) in [4.78, 5) is 11.4. The van der Waals surface area contributed by atoms with E-state index in [2.05, 4.69) is 33.8 Å². The first-order valence-corrected chi connectivity index (χ1v) is 8.41. The Morgan fingerprint density at radius 3 is 2.83 bits per heavy atom. The molecule has 1 aliphatic rings. The van der Waals surface area contributed by atoms with Crippen molar-refractivity contribution in [3.05, 3.63) is 59.4 Å². The maximum absolute atomic E-state index is 14.5. The van der Waals surface area contributed by atoms with Gasteiger partial charge in [-0.3, -0.25) is 13.8 Å². The Bertz CT molecular complexity index is 721. The molecule has 0 aliphatic carbocycles. The molecule has 8 heteroatoms. The van der Waals surface area contributed by atoms with Crippen LogP contribution in [0.25, 0.3) is 0 Å². The van der Waals surface area contributed by atoms with E-state index in [0.717, 1.165) is 9.88 Å². The van der Waals surface area contributed by atoms with Crippen molar-refractivity contribution in [3.63, 3.8) is 0 Å². The van der Waals surface area contributed by atoms with Crippen molar-refractivity contribution < 1.29 is 18.1 Å². The number of hydrogen-bond donors (Lipinski definition) is 1. The first-order valence-electron chi connectivity index (χ1n) is 6.51. The highest BCUT2D eigenvalue weighted by Crippen LogP contribution is 2.37. The van der Waals surface area contributed by atoms with Crippen LogP contribution in [0.15, 0.2) is 53.6 Å². The summed E-state index contributed by atoms with van der Waals surface area (Å²) < 4.78 is 35.5. The summed E-state index contributed by atoms with van der Waals surface area (Å²) in [5, 5.41) is 0. The summed E-state index contributed by atoms with van der Waals surface area (Å²) in [7, 11) is 0. The highest BCUT2D eigenvalue weighted by molar-refractivity contribution is 9.10. The highest BCUT2D eigenvalue weighted by atomic mass is 79.9. The fourth-order valence-corrected chi connectivity index (χ4v) is 3.15. The van der Waals surface area contributed by atoms with Crippen LogP contribution < -0.4 is 13.8 Å². The first-order chi connectivity index (χ1) is 11.0. The summed E-state index contributed by atoms with van der Waals surface area (Å²) in [6.07, 6.45) is 4.89. The van der Waals surface area contributed by atoms with E-state index < -0.39 is 22.9 Å². The van der Waals surface area contributed by atoms with Crippen LogP contribution in [0.2, 0.25) is 0 Å². The summed E-state index contributed by atoms with van der Waals surface area (Å²) in [5.41, 5.74) is 0.698. The smallest absolute Gasteiger partial charge is 0.253 e. The van der Waals surface area contributed by atoms with E-state index in [-0.39, 0.29) is 29.1 Å². The molecule has 1 aromatic rings. The third-order valence-corrected chi connectivity index (χ3v) is 4.69. The number of nitrogens with one attached hydrogen (secondary N) is 1. The number of halogens is 2. The average molecular weight is 401 g/mol. The van der Waals surface area contributed by atoms with Gasteiger partial charge in [-0.25, -0.2) is 8.60 Å². The van der Waals surface area contributed by atoms with E-state index in [4.69, 9.17) is 4.74 Å². The zero-order chi connectivity index (χ0) is 17.0. The number of carbonyl (C=O) groups excluding carboxylic acids is 1. The number of rotatable bonds is 6. The zero-order valence-electron chi connectivity index (χ0n) is 12.1. The molecule has 1 amide bonds. The van der Waals surface area contributed by atoms with Gasteiger partial charge in [-0.2, -0.15) is 0 Å². The van der Waals surface area contributed by atoms with Crippen LogP contribution in [-0.4, -0.2) is 23.3 Å². The van der Waals surface area contributed by atoms with Gasteiger partial charge in [-0.15, -0.1) is 0 Å². The second-order valence-corrected chi connectivity index (χ2v) is 6.49. The minimum Gasteiger partial charge on any atom is -0.487 e. The predicted octanol–water partition coefficient (Wildman–Crippen LogP) is 2.78. The van der Waals surface area contributed by atoms with Gasteiger partial charge in [0.25, 0.3) is 5.91 Å². The predicted molar refractivity (Wildman–Crippen MR) is 91.7 cm³/mol. The molecule has 122 valence electrons. The lowest BCUT2D eigenvalue weighted by Gasteiger charge is -2.19. The molecular formula is C15H14BrFN2O3S. The van der Waals surface area contributed by atoms with E-state index >= 15 is 0 Å². The molecule has 0 bridgehead atoms. The molecule has 1 unspecified atom stereocenters. The van der Waals surface area contributed by atoms with Crippen LogP contribution in [0.3, 0.4) is 0 Å². The van der Waals surface area contributed by atoms with Crippen molar-refractivity contribution in [1.29, 1.82) is 0 Å². The maximum Gasteiger partial charge on any atom is 0.253 e. The Morgan fingerprint density at radius 2 is 2.26 bits per heavy atom. The topological polar surface area (TPSA) is 58.6 Å². The van der Waals surface area contributed by atoms with Crippen molar-refractivity contribution in [1.82, 2.24) is 4.72 Å². The Labute approximate surface area is 144 Å². The van der Waals surface area contributed by atoms with Crippen LogP contribution in [0.1, 0.15) is 0 Å². The minimum atomic E-state index is -1.85. The largest absolute Gasteiger partial charge is 0.487 e. The fourth-order valence-electron chi connectivity index (χ4n) is 1.89. The molecule has 0 aromatic heterocycles. The molecule has 5 nitrogen and oxygen atoms in total. The van der Waals surface area contributed by atoms with E-state index in [1.807, 2.05) is 0 Å². The Balaban J connectivity index is 2.36. The van der Waals surface area contributed by atoms with Gasteiger partial charge < -0.3 is 4.74 Å². The second-order valence-electron chi connectivity index (χ2n) is 4.49. The molecule has 1 N–H and O–H groups in total. The lowest BCUT2D eigenvalue weighted by Crippen LogP contribution is -2.24. The molecule has 1 saturated heterocycles. The van der Waals surface area contributed by atoms with Crippen LogP contribution >= 0.6 is 15.9 Å². The van der Waals surface area contributed by atoms with Crippen molar-refractivity contribution in [2.45, 2.75) is 0 Å². The normalized spacial score (nSPS) is 17.8. The number of anilines is 1. The zero-order valence-corrected chi connectivity index (χ0v) is 14.5. The number of carbonyl (C=O) groups is 1. The Kier molecular flexibility index (Phi) is 5.73. The Hall–Kier alpha value is -1.93. The molecule has 1 heterocycles. The van der Waals surface area contributed by atoms with Crippen LogP contribution in [0, 0.1) is 5.82 Å². The van der Waals surface area contributed by atoms with E-state index in [1.54, 1.807) is 18.2 Å². The lowest BCUT2D eigenvalue weighted by molar-refractivity contribution is -0.117. The van der Waals surface area contributed by atoms with Gasteiger partial charge in [0, 0.05) is 0 Å². The molecule has 0 radical (unpaired) electrons. The number of benzene rings is 1. The number of hydrogen-bond acceptors (Lipinski definition) is 3. The molecule has 1 atom stereocenters. The number of nitrogens with zero attached hydrogens (tertiary/aromatic N) is 1. The quantitative estimate of drug-likeness (QED) is 0.746. The number of ether oxygens (including phenoxy) is 1.